The first-order valence-electron chi connectivity index (χ1n) is 7.71. The Hall–Kier alpha value is -0.870. The first kappa shape index (κ1) is 17.2. The van der Waals surface area contributed by atoms with E-state index in [2.05, 4.69) is 6.92 Å². The van der Waals surface area contributed by atoms with E-state index in [9.17, 15) is 9.90 Å². The Morgan fingerprint density at radius 1 is 1.25 bits per heavy atom. The van der Waals surface area contributed by atoms with Crippen LogP contribution in [0, 0.1) is 0 Å². The Bertz CT molecular complexity index is 337. The Balaban J connectivity index is 2.27. The van der Waals surface area contributed by atoms with E-state index in [1.807, 2.05) is 0 Å². The minimum Gasteiger partial charge on any atom is -0.427 e. The summed E-state index contributed by atoms with van der Waals surface area (Å²) in [5, 5.41) is 10.0. The van der Waals surface area contributed by atoms with Crippen molar-refractivity contribution in [2.45, 2.75) is 77.1 Å². The van der Waals surface area contributed by atoms with E-state index < -0.39 is 17.9 Å². The first-order chi connectivity index (χ1) is 9.55. The van der Waals surface area contributed by atoms with Gasteiger partial charge in [0.1, 0.15) is 0 Å². The van der Waals surface area contributed by atoms with Gasteiger partial charge >= 0.3 is 5.97 Å². The fourth-order valence-electron chi connectivity index (χ4n) is 2.40. The van der Waals surface area contributed by atoms with Crippen LogP contribution in [0.5, 0.6) is 0 Å². The fraction of sp³-hybridized carbons (Fsp3) is 0.812. The van der Waals surface area contributed by atoms with Crippen LogP contribution < -0.4 is 0 Å². The molecule has 116 valence electrons. The normalized spacial score (nSPS) is 28.1. The van der Waals surface area contributed by atoms with Crippen LogP contribution in [0.3, 0.4) is 0 Å². The molecule has 1 N–H and O–H groups in total. The molecule has 0 saturated carbocycles. The molecule has 0 aliphatic carbocycles. The number of hydrogen-bond acceptors (Lipinski definition) is 4. The molecule has 20 heavy (non-hydrogen) atoms. The van der Waals surface area contributed by atoms with Crippen LogP contribution in [0.2, 0.25) is 0 Å². The molecular formula is C16H28O4. The van der Waals surface area contributed by atoms with E-state index >= 15 is 0 Å². The van der Waals surface area contributed by atoms with Crippen molar-refractivity contribution in [2.75, 3.05) is 7.11 Å². The van der Waals surface area contributed by atoms with Gasteiger partial charge in [-0.05, 0) is 12.8 Å². The van der Waals surface area contributed by atoms with Gasteiger partial charge in [-0.15, -0.1) is 0 Å². The summed E-state index contributed by atoms with van der Waals surface area (Å²) in [6, 6.07) is 0. The molecule has 0 spiro atoms. The van der Waals surface area contributed by atoms with E-state index in [0.29, 0.717) is 5.57 Å². The molecule has 4 nitrogen and oxygen atoms in total. The summed E-state index contributed by atoms with van der Waals surface area (Å²) in [5.41, 5.74) is 0.334. The van der Waals surface area contributed by atoms with Crippen LogP contribution in [0.4, 0.5) is 0 Å². The zero-order valence-electron chi connectivity index (χ0n) is 13.0. The van der Waals surface area contributed by atoms with Gasteiger partial charge in [0.15, 0.2) is 6.10 Å². The molecule has 1 fully saturated rings. The summed E-state index contributed by atoms with van der Waals surface area (Å²) < 4.78 is 10.1. The van der Waals surface area contributed by atoms with E-state index in [1.54, 1.807) is 13.0 Å². The quantitative estimate of drug-likeness (QED) is 0.401. The summed E-state index contributed by atoms with van der Waals surface area (Å²) in [6.45, 7) is 3.79. The van der Waals surface area contributed by atoms with Crippen LogP contribution in [0.15, 0.2) is 11.6 Å². The standard InChI is InChI=1S/C16H28O4/c1-4-5-6-7-8-9-10-11-12-13-14(17)16(2,19-3)20-15(13)18/h12,14,17H,4-11H2,1-3H3/b13-12-/t14-,16+/m1/s1. The topological polar surface area (TPSA) is 55.8 Å². The van der Waals surface area contributed by atoms with Crippen molar-refractivity contribution in [2.24, 2.45) is 0 Å². The molecule has 0 aromatic rings. The van der Waals surface area contributed by atoms with Crippen molar-refractivity contribution >= 4 is 5.97 Å². The van der Waals surface area contributed by atoms with Crippen molar-refractivity contribution in [3.8, 4) is 0 Å². The van der Waals surface area contributed by atoms with Gasteiger partial charge in [-0.2, -0.15) is 0 Å². The summed E-state index contributed by atoms with van der Waals surface area (Å²) in [4.78, 5) is 11.7. The van der Waals surface area contributed by atoms with Crippen LogP contribution in [0.25, 0.3) is 0 Å². The lowest BCUT2D eigenvalue weighted by molar-refractivity contribution is -0.218. The summed E-state index contributed by atoms with van der Waals surface area (Å²) in [6.07, 6.45) is 10.2. The van der Waals surface area contributed by atoms with E-state index in [-0.39, 0.29) is 0 Å². The number of unbranched alkanes of at least 4 members (excludes halogenated alkanes) is 7. The molecule has 0 aromatic carbocycles. The molecule has 0 radical (unpaired) electrons. The summed E-state index contributed by atoms with van der Waals surface area (Å²) in [5.74, 6) is -1.70. The minimum atomic E-state index is -1.23. The Morgan fingerprint density at radius 2 is 1.85 bits per heavy atom. The second kappa shape index (κ2) is 8.42. The smallest absolute Gasteiger partial charge is 0.339 e. The van der Waals surface area contributed by atoms with Crippen molar-refractivity contribution < 1.29 is 19.4 Å². The third kappa shape index (κ3) is 4.60. The van der Waals surface area contributed by atoms with Crippen LogP contribution in [0.1, 0.15) is 65.2 Å². The number of ether oxygens (including phenoxy) is 2. The van der Waals surface area contributed by atoms with Gasteiger partial charge in [0.05, 0.1) is 5.57 Å². The number of carbonyl (C=O) groups is 1. The molecule has 1 rings (SSSR count). The third-order valence-corrected chi connectivity index (χ3v) is 3.90. The van der Waals surface area contributed by atoms with Crippen molar-refractivity contribution in [1.29, 1.82) is 0 Å². The van der Waals surface area contributed by atoms with Crippen molar-refractivity contribution in [1.82, 2.24) is 0 Å². The first-order valence-corrected chi connectivity index (χ1v) is 7.71. The molecule has 0 unspecified atom stereocenters. The van der Waals surface area contributed by atoms with Crippen molar-refractivity contribution in [3.63, 3.8) is 0 Å². The number of methoxy groups -OCH3 is 1. The predicted octanol–water partition coefficient (Wildman–Crippen LogP) is 3.33. The number of rotatable bonds is 9. The zero-order chi connectivity index (χ0) is 15.0. The van der Waals surface area contributed by atoms with Crippen LogP contribution >= 0.6 is 0 Å². The second-order valence-corrected chi connectivity index (χ2v) is 5.58. The molecule has 2 atom stereocenters. The van der Waals surface area contributed by atoms with Crippen molar-refractivity contribution in [3.05, 3.63) is 11.6 Å². The predicted molar refractivity (Wildman–Crippen MR) is 78.2 cm³/mol. The minimum absolute atomic E-state index is 0.334. The monoisotopic (exact) mass is 284 g/mol. The number of hydrogen-bond donors (Lipinski definition) is 1. The van der Waals surface area contributed by atoms with E-state index in [0.717, 1.165) is 12.8 Å². The number of aliphatic hydroxyl groups excluding tert-OH is 1. The largest absolute Gasteiger partial charge is 0.427 e. The van der Waals surface area contributed by atoms with Gasteiger partial charge < -0.3 is 14.6 Å². The highest BCUT2D eigenvalue weighted by Gasteiger charge is 2.48. The maximum atomic E-state index is 11.7. The Morgan fingerprint density at radius 3 is 2.40 bits per heavy atom. The SMILES string of the molecule is CCCCCCCCC/C=C1\C(=O)O[C@](C)(OC)[C@@H]1O. The van der Waals surface area contributed by atoms with Crippen LogP contribution in [-0.4, -0.2) is 30.1 Å². The maximum absolute atomic E-state index is 11.7. The molecule has 4 heteroatoms. The summed E-state index contributed by atoms with van der Waals surface area (Å²) >= 11 is 0. The van der Waals surface area contributed by atoms with Gasteiger partial charge in [-0.3, -0.25) is 0 Å². The van der Waals surface area contributed by atoms with Gasteiger partial charge in [-0.25, -0.2) is 4.79 Å². The molecule has 1 aliphatic rings. The lowest BCUT2D eigenvalue weighted by Gasteiger charge is -2.23. The number of carbonyl (C=O) groups excluding carboxylic acids is 1. The molecule has 1 aliphatic heterocycles. The lowest BCUT2D eigenvalue weighted by Crippen LogP contribution is -2.38. The lowest BCUT2D eigenvalue weighted by atomic mass is 10.0. The summed E-state index contributed by atoms with van der Waals surface area (Å²) in [7, 11) is 1.43. The second-order valence-electron chi connectivity index (χ2n) is 5.58. The number of allylic oxidation sites excluding steroid dienone is 1. The zero-order valence-corrected chi connectivity index (χ0v) is 13.0. The number of cyclic esters (lactones) is 1. The molecule has 0 amide bonds. The molecule has 0 aromatic heterocycles. The number of aliphatic hydroxyl groups is 1. The average molecular weight is 284 g/mol. The van der Waals surface area contributed by atoms with E-state index in [1.165, 1.54) is 45.6 Å². The molecule has 1 saturated heterocycles. The highest BCUT2D eigenvalue weighted by molar-refractivity contribution is 5.92. The fourth-order valence-corrected chi connectivity index (χ4v) is 2.40. The van der Waals surface area contributed by atoms with Gasteiger partial charge in [0.2, 0.25) is 5.79 Å². The maximum Gasteiger partial charge on any atom is 0.339 e. The molecule has 0 bridgehead atoms. The molecular weight excluding hydrogens is 256 g/mol. The highest BCUT2D eigenvalue weighted by atomic mass is 16.7. The van der Waals surface area contributed by atoms with E-state index in [4.69, 9.17) is 9.47 Å². The van der Waals surface area contributed by atoms with Gasteiger partial charge in [0, 0.05) is 14.0 Å². The average Bonchev–Trinajstić information content (AvgIpc) is 2.65. The Kier molecular flexibility index (Phi) is 7.24. The Labute approximate surface area is 122 Å². The third-order valence-electron chi connectivity index (χ3n) is 3.90. The van der Waals surface area contributed by atoms with Crippen LogP contribution in [-0.2, 0) is 14.3 Å². The molecule has 1 heterocycles. The van der Waals surface area contributed by atoms with Gasteiger partial charge in [-0.1, -0.05) is 51.5 Å². The number of esters is 1. The van der Waals surface area contributed by atoms with Gasteiger partial charge in [0.25, 0.3) is 0 Å². The highest BCUT2D eigenvalue weighted by Crippen LogP contribution is 2.31.